The number of aryl methyl sites for hydroxylation is 1. The molecular formula is C19H22N2O3. The van der Waals surface area contributed by atoms with E-state index in [1.165, 1.54) is 5.56 Å². The number of ether oxygens (including phenoxy) is 1. The molecule has 1 fully saturated rings. The van der Waals surface area contributed by atoms with Gasteiger partial charge in [0.15, 0.2) is 0 Å². The van der Waals surface area contributed by atoms with E-state index >= 15 is 0 Å². The number of benzene rings is 2. The van der Waals surface area contributed by atoms with Crippen molar-refractivity contribution in [1.82, 2.24) is 4.90 Å². The molecule has 24 heavy (non-hydrogen) atoms. The monoisotopic (exact) mass is 326 g/mol. The lowest BCUT2D eigenvalue weighted by Crippen LogP contribution is -2.35. The molecule has 0 spiro atoms. The van der Waals surface area contributed by atoms with Gasteiger partial charge < -0.3 is 15.2 Å². The summed E-state index contributed by atoms with van der Waals surface area (Å²) in [6.45, 7) is 6.32. The number of aromatic carboxylic acids is 1. The fourth-order valence-corrected chi connectivity index (χ4v) is 2.81. The first-order valence-electron chi connectivity index (χ1n) is 8.12. The Morgan fingerprint density at radius 3 is 2.54 bits per heavy atom. The molecule has 1 aliphatic rings. The van der Waals surface area contributed by atoms with E-state index in [-0.39, 0.29) is 5.56 Å². The molecule has 2 aromatic rings. The van der Waals surface area contributed by atoms with Gasteiger partial charge in [0.05, 0.1) is 24.5 Å². The van der Waals surface area contributed by atoms with Crippen LogP contribution in [0.3, 0.4) is 0 Å². The number of hydrogen-bond acceptors (Lipinski definition) is 4. The van der Waals surface area contributed by atoms with Crippen LogP contribution in [0.2, 0.25) is 0 Å². The largest absolute Gasteiger partial charge is 0.478 e. The predicted molar refractivity (Wildman–Crippen MR) is 94.0 cm³/mol. The first-order chi connectivity index (χ1) is 11.6. The highest BCUT2D eigenvalue weighted by molar-refractivity contribution is 5.95. The number of carboxylic acids is 1. The summed E-state index contributed by atoms with van der Waals surface area (Å²) in [5.74, 6) is -0.926. The molecule has 1 aliphatic heterocycles. The summed E-state index contributed by atoms with van der Waals surface area (Å²) in [6, 6.07) is 13.5. The lowest BCUT2D eigenvalue weighted by molar-refractivity contribution is 0.0342. The molecule has 1 saturated heterocycles. The lowest BCUT2D eigenvalue weighted by Gasteiger charge is -2.26. The highest BCUT2D eigenvalue weighted by atomic mass is 16.5. The van der Waals surface area contributed by atoms with E-state index in [0.29, 0.717) is 5.69 Å². The molecule has 0 atom stereocenters. The van der Waals surface area contributed by atoms with Gasteiger partial charge in [-0.05, 0) is 36.8 Å². The van der Waals surface area contributed by atoms with Crippen molar-refractivity contribution in [2.75, 3.05) is 31.6 Å². The van der Waals surface area contributed by atoms with Gasteiger partial charge in [0.1, 0.15) is 0 Å². The number of nitrogens with one attached hydrogen (secondary N) is 1. The maximum absolute atomic E-state index is 11.4. The summed E-state index contributed by atoms with van der Waals surface area (Å²) in [6.07, 6.45) is 0. The molecule has 0 aromatic heterocycles. The van der Waals surface area contributed by atoms with Crippen LogP contribution in [0.15, 0.2) is 42.5 Å². The van der Waals surface area contributed by atoms with Gasteiger partial charge in [0.2, 0.25) is 0 Å². The van der Waals surface area contributed by atoms with Crippen LogP contribution < -0.4 is 5.32 Å². The van der Waals surface area contributed by atoms with Crippen molar-refractivity contribution in [1.29, 1.82) is 0 Å². The Balaban J connectivity index is 1.69. The third kappa shape index (κ3) is 4.13. The second-order valence-electron chi connectivity index (χ2n) is 6.06. The molecule has 0 aliphatic carbocycles. The second kappa shape index (κ2) is 7.47. The maximum Gasteiger partial charge on any atom is 0.337 e. The van der Waals surface area contributed by atoms with Crippen LogP contribution in [-0.4, -0.2) is 42.3 Å². The Labute approximate surface area is 141 Å². The van der Waals surface area contributed by atoms with Gasteiger partial charge in [-0.15, -0.1) is 0 Å². The van der Waals surface area contributed by atoms with E-state index in [2.05, 4.69) is 22.3 Å². The molecular weight excluding hydrogens is 304 g/mol. The summed E-state index contributed by atoms with van der Waals surface area (Å²) in [5, 5.41) is 12.5. The number of carboxylic acid groups (broad SMARTS) is 1. The lowest BCUT2D eigenvalue weighted by atomic mass is 10.1. The second-order valence-corrected chi connectivity index (χ2v) is 6.06. The van der Waals surface area contributed by atoms with E-state index in [1.807, 2.05) is 25.1 Å². The Morgan fingerprint density at radius 1 is 1.17 bits per heavy atom. The summed E-state index contributed by atoms with van der Waals surface area (Å²) in [4.78, 5) is 13.8. The van der Waals surface area contributed by atoms with E-state index in [1.54, 1.807) is 12.1 Å². The van der Waals surface area contributed by atoms with Crippen molar-refractivity contribution < 1.29 is 14.6 Å². The van der Waals surface area contributed by atoms with Crippen molar-refractivity contribution in [3.63, 3.8) is 0 Å². The van der Waals surface area contributed by atoms with Crippen LogP contribution >= 0.6 is 0 Å². The fraction of sp³-hybridized carbons (Fsp3) is 0.316. The number of morpholine rings is 1. The molecule has 3 rings (SSSR count). The van der Waals surface area contributed by atoms with Crippen LogP contribution in [0.5, 0.6) is 0 Å². The zero-order chi connectivity index (χ0) is 16.9. The standard InChI is InChI=1S/C19H22N2O3/c1-14-2-7-18(17(12-14)19(22)23)20-16-5-3-15(4-6-16)13-21-8-10-24-11-9-21/h2-7,12,20H,8-11,13H2,1H3,(H,22,23). The molecule has 2 aromatic carbocycles. The van der Waals surface area contributed by atoms with Crippen LogP contribution in [0.1, 0.15) is 21.5 Å². The van der Waals surface area contributed by atoms with Crippen LogP contribution in [0, 0.1) is 6.92 Å². The third-order valence-corrected chi connectivity index (χ3v) is 4.15. The van der Waals surface area contributed by atoms with E-state index in [9.17, 15) is 9.90 Å². The van der Waals surface area contributed by atoms with Crippen molar-refractivity contribution in [2.24, 2.45) is 0 Å². The number of rotatable bonds is 5. The molecule has 0 radical (unpaired) electrons. The minimum Gasteiger partial charge on any atom is -0.478 e. The molecule has 5 nitrogen and oxygen atoms in total. The first-order valence-corrected chi connectivity index (χ1v) is 8.12. The van der Waals surface area contributed by atoms with Gasteiger partial charge in [-0.1, -0.05) is 23.8 Å². The molecule has 2 N–H and O–H groups in total. The number of nitrogens with zero attached hydrogens (tertiary/aromatic N) is 1. The van der Waals surface area contributed by atoms with Gasteiger partial charge in [0, 0.05) is 25.3 Å². The minimum absolute atomic E-state index is 0.285. The Hall–Kier alpha value is -2.37. The van der Waals surface area contributed by atoms with Crippen molar-refractivity contribution in [2.45, 2.75) is 13.5 Å². The third-order valence-electron chi connectivity index (χ3n) is 4.15. The Bertz CT molecular complexity index is 707. The molecule has 0 amide bonds. The van der Waals surface area contributed by atoms with E-state index < -0.39 is 5.97 Å². The smallest absolute Gasteiger partial charge is 0.337 e. The summed E-state index contributed by atoms with van der Waals surface area (Å²) in [5.41, 5.74) is 3.94. The SMILES string of the molecule is Cc1ccc(Nc2ccc(CN3CCOCC3)cc2)c(C(=O)O)c1. The topological polar surface area (TPSA) is 61.8 Å². The van der Waals surface area contributed by atoms with Gasteiger partial charge in [-0.3, -0.25) is 4.90 Å². The molecule has 0 bridgehead atoms. The van der Waals surface area contributed by atoms with Crippen LogP contribution in [-0.2, 0) is 11.3 Å². The molecule has 126 valence electrons. The molecule has 1 heterocycles. The van der Waals surface area contributed by atoms with Gasteiger partial charge in [0.25, 0.3) is 0 Å². The fourth-order valence-electron chi connectivity index (χ4n) is 2.81. The number of carbonyl (C=O) groups is 1. The van der Waals surface area contributed by atoms with Gasteiger partial charge in [-0.2, -0.15) is 0 Å². The Kier molecular flexibility index (Phi) is 5.13. The average Bonchev–Trinajstić information content (AvgIpc) is 2.59. The van der Waals surface area contributed by atoms with E-state index in [4.69, 9.17) is 4.74 Å². The van der Waals surface area contributed by atoms with Crippen molar-refractivity contribution >= 4 is 17.3 Å². The highest BCUT2D eigenvalue weighted by Crippen LogP contribution is 2.23. The van der Waals surface area contributed by atoms with Crippen LogP contribution in [0.25, 0.3) is 0 Å². The zero-order valence-corrected chi connectivity index (χ0v) is 13.8. The van der Waals surface area contributed by atoms with Gasteiger partial charge in [-0.25, -0.2) is 4.79 Å². The quantitative estimate of drug-likeness (QED) is 0.883. The molecule has 5 heteroatoms. The average molecular weight is 326 g/mol. The first kappa shape index (κ1) is 16.5. The summed E-state index contributed by atoms with van der Waals surface area (Å²) < 4.78 is 5.36. The number of anilines is 2. The molecule has 0 unspecified atom stereocenters. The Morgan fingerprint density at radius 2 is 1.88 bits per heavy atom. The predicted octanol–water partition coefficient (Wildman–Crippen LogP) is 3.27. The number of hydrogen-bond donors (Lipinski definition) is 2. The summed E-state index contributed by atoms with van der Waals surface area (Å²) in [7, 11) is 0. The molecule has 0 saturated carbocycles. The zero-order valence-electron chi connectivity index (χ0n) is 13.8. The van der Waals surface area contributed by atoms with Crippen molar-refractivity contribution in [3.8, 4) is 0 Å². The summed E-state index contributed by atoms with van der Waals surface area (Å²) >= 11 is 0. The van der Waals surface area contributed by atoms with Crippen LogP contribution in [0.4, 0.5) is 11.4 Å². The van der Waals surface area contributed by atoms with E-state index in [0.717, 1.165) is 44.1 Å². The normalized spacial score (nSPS) is 15.2. The minimum atomic E-state index is -0.926. The van der Waals surface area contributed by atoms with Crippen molar-refractivity contribution in [3.05, 3.63) is 59.2 Å². The van der Waals surface area contributed by atoms with Gasteiger partial charge >= 0.3 is 5.97 Å². The maximum atomic E-state index is 11.4. The highest BCUT2D eigenvalue weighted by Gasteiger charge is 2.12.